The molecular formula is C17H22N4O2. The highest BCUT2D eigenvalue weighted by molar-refractivity contribution is 6.04. The number of benzene rings is 1. The Labute approximate surface area is 135 Å². The number of carbonyl (C=O) groups is 1. The molecule has 6 heteroatoms. The lowest BCUT2D eigenvalue weighted by Gasteiger charge is -2.22. The molecule has 0 radical (unpaired) electrons. The second kappa shape index (κ2) is 6.50. The maximum Gasteiger partial charge on any atom is 0.274 e. The van der Waals surface area contributed by atoms with Crippen molar-refractivity contribution in [1.82, 2.24) is 20.0 Å². The molecule has 6 nitrogen and oxygen atoms in total. The first-order valence-electron chi connectivity index (χ1n) is 8.10. The average Bonchev–Trinajstić information content (AvgIpc) is 3.03. The van der Waals surface area contributed by atoms with Gasteiger partial charge in [-0.25, -0.2) is 4.68 Å². The number of likely N-dealkylation sites (N-methyl/N-ethyl adjacent to an activating group) is 1. The van der Waals surface area contributed by atoms with E-state index in [1.165, 1.54) is 11.1 Å². The summed E-state index contributed by atoms with van der Waals surface area (Å²) in [6.45, 7) is 4.85. The summed E-state index contributed by atoms with van der Waals surface area (Å²) >= 11 is 0. The van der Waals surface area contributed by atoms with Gasteiger partial charge < -0.3 is 5.32 Å². The number of hydrogen-bond acceptors (Lipinski definition) is 4. The zero-order valence-corrected chi connectivity index (χ0v) is 13.6. The molecule has 1 aliphatic heterocycles. The number of amides is 1. The van der Waals surface area contributed by atoms with Crippen molar-refractivity contribution < 1.29 is 4.79 Å². The van der Waals surface area contributed by atoms with Crippen LogP contribution in [0.3, 0.4) is 0 Å². The monoisotopic (exact) mass is 314 g/mol. The van der Waals surface area contributed by atoms with Gasteiger partial charge in [0.15, 0.2) is 5.69 Å². The minimum Gasteiger partial charge on any atom is -0.349 e. The molecule has 1 amide bonds. The molecule has 23 heavy (non-hydrogen) atoms. The molecule has 1 N–H and O–H groups in total. The molecule has 0 bridgehead atoms. The zero-order chi connectivity index (χ0) is 16.4. The van der Waals surface area contributed by atoms with Gasteiger partial charge in [0.05, 0.1) is 5.39 Å². The third-order valence-electron chi connectivity index (χ3n) is 4.58. The fraction of sp³-hybridized carbons (Fsp3) is 0.471. The van der Waals surface area contributed by atoms with Gasteiger partial charge in [0.1, 0.15) is 0 Å². The van der Waals surface area contributed by atoms with Crippen molar-refractivity contribution in [2.24, 2.45) is 7.05 Å². The SMILES string of the molecule is CCN1CCC[C@@H]1CNC(=O)c1nn(C)c(=O)c2ccccc12. The molecule has 122 valence electrons. The molecule has 1 aliphatic rings. The summed E-state index contributed by atoms with van der Waals surface area (Å²) in [6, 6.07) is 7.50. The van der Waals surface area contributed by atoms with Gasteiger partial charge in [-0.1, -0.05) is 25.1 Å². The summed E-state index contributed by atoms with van der Waals surface area (Å²) in [4.78, 5) is 27.1. The highest BCUT2D eigenvalue weighted by Crippen LogP contribution is 2.16. The predicted molar refractivity (Wildman–Crippen MR) is 89.6 cm³/mol. The minimum atomic E-state index is -0.222. The molecule has 0 unspecified atom stereocenters. The smallest absolute Gasteiger partial charge is 0.274 e. The quantitative estimate of drug-likeness (QED) is 0.919. The van der Waals surface area contributed by atoms with Crippen molar-refractivity contribution in [3.63, 3.8) is 0 Å². The van der Waals surface area contributed by atoms with E-state index < -0.39 is 0 Å². The van der Waals surface area contributed by atoms with E-state index in [1.54, 1.807) is 25.2 Å². The number of nitrogens with zero attached hydrogens (tertiary/aromatic N) is 3. The Kier molecular flexibility index (Phi) is 4.43. The number of aromatic nitrogens is 2. The highest BCUT2D eigenvalue weighted by Gasteiger charge is 2.24. The first kappa shape index (κ1) is 15.7. The molecule has 2 heterocycles. The van der Waals surface area contributed by atoms with Crippen molar-refractivity contribution in [3.8, 4) is 0 Å². The zero-order valence-electron chi connectivity index (χ0n) is 13.6. The average molecular weight is 314 g/mol. The Morgan fingerprint density at radius 1 is 1.35 bits per heavy atom. The third kappa shape index (κ3) is 2.99. The summed E-state index contributed by atoms with van der Waals surface area (Å²) in [5, 5.41) is 8.27. The molecule has 2 aromatic rings. The number of rotatable bonds is 4. The van der Waals surface area contributed by atoms with Crippen LogP contribution in [0.2, 0.25) is 0 Å². The lowest BCUT2D eigenvalue weighted by atomic mass is 10.1. The second-order valence-corrected chi connectivity index (χ2v) is 5.96. The van der Waals surface area contributed by atoms with Crippen molar-refractivity contribution in [1.29, 1.82) is 0 Å². The predicted octanol–water partition coefficient (Wildman–Crippen LogP) is 1.15. The van der Waals surface area contributed by atoms with Crippen LogP contribution in [0.15, 0.2) is 29.1 Å². The van der Waals surface area contributed by atoms with Gasteiger partial charge in [0.25, 0.3) is 11.5 Å². The number of carbonyl (C=O) groups excluding carboxylic acids is 1. The maximum atomic E-state index is 12.6. The van der Waals surface area contributed by atoms with Crippen LogP contribution in [0.4, 0.5) is 0 Å². The number of likely N-dealkylation sites (tertiary alicyclic amines) is 1. The highest BCUT2D eigenvalue weighted by atomic mass is 16.2. The van der Waals surface area contributed by atoms with E-state index in [-0.39, 0.29) is 11.5 Å². The Balaban J connectivity index is 1.84. The number of hydrogen-bond donors (Lipinski definition) is 1. The summed E-state index contributed by atoms with van der Waals surface area (Å²) in [6.07, 6.45) is 2.28. The number of fused-ring (bicyclic) bond motifs is 1. The molecular weight excluding hydrogens is 292 g/mol. The molecule has 1 aromatic heterocycles. The molecule has 1 fully saturated rings. The first-order chi connectivity index (χ1) is 11.1. The summed E-state index contributed by atoms with van der Waals surface area (Å²) < 4.78 is 1.23. The van der Waals surface area contributed by atoms with E-state index in [2.05, 4.69) is 22.2 Å². The van der Waals surface area contributed by atoms with Gasteiger partial charge in [0.2, 0.25) is 0 Å². The third-order valence-corrected chi connectivity index (χ3v) is 4.58. The van der Waals surface area contributed by atoms with Gasteiger partial charge in [-0.3, -0.25) is 14.5 Å². The van der Waals surface area contributed by atoms with Crippen LogP contribution in [0.5, 0.6) is 0 Å². The Bertz CT molecular complexity index is 784. The maximum absolute atomic E-state index is 12.6. The normalized spacial score (nSPS) is 18.4. The van der Waals surface area contributed by atoms with Gasteiger partial charge in [-0.2, -0.15) is 5.10 Å². The Hall–Kier alpha value is -2.21. The molecule has 1 atom stereocenters. The fourth-order valence-corrected chi connectivity index (χ4v) is 3.30. The fourth-order valence-electron chi connectivity index (χ4n) is 3.30. The standard InChI is InChI=1S/C17H22N4O2/c1-3-21-10-6-7-12(21)11-18-16(22)15-13-8-4-5-9-14(13)17(23)20(2)19-15/h4-5,8-9,12H,3,6-7,10-11H2,1-2H3,(H,18,22)/t12-/m1/s1. The van der Waals surface area contributed by atoms with Crippen molar-refractivity contribution >= 4 is 16.7 Å². The van der Waals surface area contributed by atoms with Crippen LogP contribution in [0, 0.1) is 0 Å². The topological polar surface area (TPSA) is 67.2 Å². The summed E-state index contributed by atoms with van der Waals surface area (Å²) in [5.41, 5.74) is 0.119. The van der Waals surface area contributed by atoms with Crippen LogP contribution in [0.1, 0.15) is 30.3 Å². The Morgan fingerprint density at radius 3 is 2.83 bits per heavy atom. The molecule has 3 rings (SSSR count). The second-order valence-electron chi connectivity index (χ2n) is 5.96. The molecule has 0 spiro atoms. The van der Waals surface area contributed by atoms with Gasteiger partial charge in [-0.05, 0) is 32.0 Å². The largest absolute Gasteiger partial charge is 0.349 e. The van der Waals surface area contributed by atoms with E-state index in [0.717, 1.165) is 19.5 Å². The van der Waals surface area contributed by atoms with E-state index in [0.29, 0.717) is 29.1 Å². The van der Waals surface area contributed by atoms with Gasteiger partial charge >= 0.3 is 0 Å². The van der Waals surface area contributed by atoms with Crippen molar-refractivity contribution in [2.45, 2.75) is 25.8 Å². The molecule has 1 aromatic carbocycles. The first-order valence-corrected chi connectivity index (χ1v) is 8.10. The molecule has 0 saturated carbocycles. The van der Waals surface area contributed by atoms with Crippen LogP contribution < -0.4 is 10.9 Å². The lowest BCUT2D eigenvalue weighted by molar-refractivity contribution is 0.0936. The number of aryl methyl sites for hydroxylation is 1. The van der Waals surface area contributed by atoms with Gasteiger partial charge in [0, 0.05) is 25.0 Å². The van der Waals surface area contributed by atoms with Crippen LogP contribution in [0.25, 0.3) is 10.8 Å². The van der Waals surface area contributed by atoms with Crippen LogP contribution >= 0.6 is 0 Å². The van der Waals surface area contributed by atoms with Gasteiger partial charge in [-0.15, -0.1) is 0 Å². The minimum absolute atomic E-state index is 0.190. The van der Waals surface area contributed by atoms with Crippen molar-refractivity contribution in [3.05, 3.63) is 40.3 Å². The van der Waals surface area contributed by atoms with Crippen LogP contribution in [-0.4, -0.2) is 46.3 Å². The Morgan fingerprint density at radius 2 is 2.09 bits per heavy atom. The van der Waals surface area contributed by atoms with E-state index in [1.807, 2.05) is 6.07 Å². The van der Waals surface area contributed by atoms with E-state index in [4.69, 9.17) is 0 Å². The van der Waals surface area contributed by atoms with E-state index >= 15 is 0 Å². The summed E-state index contributed by atoms with van der Waals surface area (Å²) in [7, 11) is 1.57. The van der Waals surface area contributed by atoms with Crippen LogP contribution in [-0.2, 0) is 7.05 Å². The lowest BCUT2D eigenvalue weighted by Crippen LogP contribution is -2.40. The molecule has 1 saturated heterocycles. The summed E-state index contributed by atoms with van der Waals surface area (Å²) in [5.74, 6) is -0.222. The van der Waals surface area contributed by atoms with Crippen molar-refractivity contribution in [2.75, 3.05) is 19.6 Å². The van der Waals surface area contributed by atoms with E-state index in [9.17, 15) is 9.59 Å². The molecule has 0 aliphatic carbocycles. The number of nitrogens with one attached hydrogen (secondary N) is 1.